The summed E-state index contributed by atoms with van der Waals surface area (Å²) >= 11 is 0. The fraction of sp³-hybridized carbons (Fsp3) is 1.00. The van der Waals surface area contributed by atoms with Crippen LogP contribution in [0.4, 0.5) is 0 Å². The Hall–Kier alpha value is -0.400. The van der Waals surface area contributed by atoms with Crippen molar-refractivity contribution >= 4 is 0 Å². The van der Waals surface area contributed by atoms with Crippen molar-refractivity contribution in [1.29, 1.82) is 0 Å². The quantitative estimate of drug-likeness (QED) is 0.293. The predicted octanol–water partition coefficient (Wildman–Crippen LogP) is -3.47. The first-order valence-electron chi connectivity index (χ1n) is 7.78. The molecule has 0 aromatic heterocycles. The van der Waals surface area contributed by atoms with Crippen molar-refractivity contribution in [3.63, 3.8) is 0 Å². The van der Waals surface area contributed by atoms with Gasteiger partial charge in [0.2, 0.25) is 0 Å². The minimum atomic E-state index is -1.49. The number of methoxy groups -OCH3 is 1. The van der Waals surface area contributed by atoms with Crippen molar-refractivity contribution < 1.29 is 49.6 Å². The summed E-state index contributed by atoms with van der Waals surface area (Å²) in [7, 11) is 1.27. The molecule has 2 heterocycles. The van der Waals surface area contributed by atoms with Crippen LogP contribution in [-0.2, 0) is 18.9 Å². The summed E-state index contributed by atoms with van der Waals surface area (Å²) in [4.78, 5) is 0. The summed E-state index contributed by atoms with van der Waals surface area (Å²) in [5, 5.41) is 59.0. The third kappa shape index (κ3) is 3.73. The van der Waals surface area contributed by atoms with E-state index in [1.165, 1.54) is 7.11 Å². The molecule has 0 aliphatic carbocycles. The van der Waals surface area contributed by atoms with Crippen LogP contribution < -0.4 is 0 Å². The first kappa shape index (κ1) is 19.9. The molecule has 0 unspecified atom stereocenters. The van der Waals surface area contributed by atoms with Gasteiger partial charge >= 0.3 is 0 Å². The molecule has 2 saturated heterocycles. The second kappa shape index (κ2) is 8.32. The zero-order valence-corrected chi connectivity index (χ0v) is 13.5. The van der Waals surface area contributed by atoms with Crippen LogP contribution >= 0.6 is 0 Å². The molecule has 0 bridgehead atoms. The fourth-order valence-electron chi connectivity index (χ4n) is 2.96. The molecule has 24 heavy (non-hydrogen) atoms. The highest BCUT2D eigenvalue weighted by Crippen LogP contribution is 2.31. The van der Waals surface area contributed by atoms with Gasteiger partial charge in [0, 0.05) is 13.0 Å². The van der Waals surface area contributed by atoms with Crippen LogP contribution in [-0.4, -0.2) is 106 Å². The van der Waals surface area contributed by atoms with E-state index in [4.69, 9.17) is 18.9 Å². The zero-order valence-electron chi connectivity index (χ0n) is 13.5. The van der Waals surface area contributed by atoms with Gasteiger partial charge in [0.1, 0.15) is 30.5 Å². The molecule has 0 saturated carbocycles. The molecule has 10 nitrogen and oxygen atoms in total. The lowest BCUT2D eigenvalue weighted by Crippen LogP contribution is -2.63. The number of rotatable bonds is 5. The topological polar surface area (TPSA) is 158 Å². The molecule has 2 aliphatic rings. The first-order chi connectivity index (χ1) is 11.3. The van der Waals surface area contributed by atoms with Crippen LogP contribution in [0.1, 0.15) is 6.92 Å². The fourth-order valence-corrected chi connectivity index (χ4v) is 2.96. The summed E-state index contributed by atoms with van der Waals surface area (Å²) in [6, 6.07) is 0. The van der Waals surface area contributed by atoms with E-state index in [0.29, 0.717) is 0 Å². The van der Waals surface area contributed by atoms with E-state index >= 15 is 0 Å². The second-order valence-electron chi connectivity index (χ2n) is 6.11. The molecule has 142 valence electrons. The van der Waals surface area contributed by atoms with E-state index in [0.717, 1.165) is 0 Å². The lowest BCUT2D eigenvalue weighted by molar-refractivity contribution is -0.353. The van der Waals surface area contributed by atoms with Gasteiger partial charge in [-0.25, -0.2) is 0 Å². The smallest absolute Gasteiger partial charge is 0.187 e. The summed E-state index contributed by atoms with van der Waals surface area (Å²) in [6.07, 6.45) is -11.2. The van der Waals surface area contributed by atoms with Crippen LogP contribution in [0, 0.1) is 5.92 Å². The Labute approximate surface area is 139 Å². The third-order valence-corrected chi connectivity index (χ3v) is 4.59. The maximum absolute atomic E-state index is 10.2. The molecular formula is C14H26O10. The molecule has 2 fully saturated rings. The minimum absolute atomic E-state index is 0.396. The number of hydrogen-bond acceptors (Lipinski definition) is 10. The Morgan fingerprint density at radius 1 is 0.792 bits per heavy atom. The molecule has 10 atom stereocenters. The first-order valence-corrected chi connectivity index (χ1v) is 7.78. The van der Waals surface area contributed by atoms with Gasteiger partial charge in [0.25, 0.3) is 0 Å². The van der Waals surface area contributed by atoms with E-state index in [-0.39, 0.29) is 0 Å². The van der Waals surface area contributed by atoms with Gasteiger partial charge in [-0.15, -0.1) is 0 Å². The maximum atomic E-state index is 10.2. The van der Waals surface area contributed by atoms with Gasteiger partial charge in [-0.1, -0.05) is 6.92 Å². The van der Waals surface area contributed by atoms with E-state index < -0.39 is 74.4 Å². The Morgan fingerprint density at radius 3 is 1.88 bits per heavy atom. The molecular weight excluding hydrogens is 328 g/mol. The van der Waals surface area contributed by atoms with Crippen LogP contribution in [0.25, 0.3) is 0 Å². The third-order valence-electron chi connectivity index (χ3n) is 4.59. The van der Waals surface area contributed by atoms with E-state index in [2.05, 4.69) is 0 Å². The van der Waals surface area contributed by atoms with Gasteiger partial charge in [0.15, 0.2) is 12.6 Å². The van der Waals surface area contributed by atoms with Gasteiger partial charge in [-0.2, -0.15) is 0 Å². The van der Waals surface area contributed by atoms with Gasteiger partial charge in [-0.05, 0) is 0 Å². The van der Waals surface area contributed by atoms with Crippen LogP contribution in [0.2, 0.25) is 0 Å². The standard InChI is InChI=1S/C14H26O10/c1-5-6(3-15)22-14(10(19)8(5)17)24-12-7(4-16)23-13(21-2)11(20)9(12)18/h5-20H,3-4H2,1-2H3/t5-,6-,7+,8+,9-,10+,11-,12-,13-,14+/m1/s1. The predicted molar refractivity (Wildman–Crippen MR) is 76.6 cm³/mol. The Bertz CT molecular complexity index is 392. The molecule has 0 aromatic rings. The van der Waals surface area contributed by atoms with Crippen molar-refractivity contribution in [3.05, 3.63) is 0 Å². The molecule has 10 heteroatoms. The molecule has 6 N–H and O–H groups in total. The molecule has 0 aromatic carbocycles. The SMILES string of the molecule is CO[C@@H]1O[C@@H](CO)[C@@H](O[C@@H]2O[C@H](CO)[C@@H](C)[C@H](O)[C@@H]2O)[C@H](O)[C@H]1O. The molecule has 0 radical (unpaired) electrons. The molecule has 2 rings (SSSR count). The van der Waals surface area contributed by atoms with E-state index in [9.17, 15) is 30.6 Å². The van der Waals surface area contributed by atoms with Crippen molar-refractivity contribution in [2.45, 2.75) is 62.2 Å². The summed E-state index contributed by atoms with van der Waals surface area (Å²) in [6.45, 7) is 0.666. The number of hydrogen-bond donors (Lipinski definition) is 6. The summed E-state index contributed by atoms with van der Waals surface area (Å²) in [5.41, 5.74) is 0. The molecule has 0 amide bonds. The monoisotopic (exact) mass is 354 g/mol. The highest BCUT2D eigenvalue weighted by Gasteiger charge is 2.49. The van der Waals surface area contributed by atoms with Crippen LogP contribution in [0.5, 0.6) is 0 Å². The Balaban J connectivity index is 2.12. The van der Waals surface area contributed by atoms with Crippen LogP contribution in [0.3, 0.4) is 0 Å². The number of ether oxygens (including phenoxy) is 4. The lowest BCUT2D eigenvalue weighted by Gasteiger charge is -2.46. The van der Waals surface area contributed by atoms with Crippen molar-refractivity contribution in [2.24, 2.45) is 5.92 Å². The van der Waals surface area contributed by atoms with E-state index in [1.807, 2.05) is 0 Å². The largest absolute Gasteiger partial charge is 0.394 e. The maximum Gasteiger partial charge on any atom is 0.187 e. The zero-order chi connectivity index (χ0) is 18.0. The highest BCUT2D eigenvalue weighted by molar-refractivity contribution is 4.93. The van der Waals surface area contributed by atoms with Crippen LogP contribution in [0.15, 0.2) is 0 Å². The highest BCUT2D eigenvalue weighted by atomic mass is 16.7. The second-order valence-corrected chi connectivity index (χ2v) is 6.11. The minimum Gasteiger partial charge on any atom is -0.394 e. The summed E-state index contributed by atoms with van der Waals surface area (Å²) < 4.78 is 21.1. The van der Waals surface area contributed by atoms with Crippen molar-refractivity contribution in [3.8, 4) is 0 Å². The lowest BCUT2D eigenvalue weighted by atomic mass is 9.91. The number of aliphatic hydroxyl groups is 6. The molecule has 0 spiro atoms. The average molecular weight is 354 g/mol. The Kier molecular flexibility index (Phi) is 6.90. The summed E-state index contributed by atoms with van der Waals surface area (Å²) in [5.74, 6) is -0.533. The van der Waals surface area contributed by atoms with Crippen molar-refractivity contribution in [2.75, 3.05) is 20.3 Å². The van der Waals surface area contributed by atoms with E-state index in [1.54, 1.807) is 6.92 Å². The normalized spacial score (nSPS) is 50.0. The van der Waals surface area contributed by atoms with Gasteiger partial charge in [0.05, 0.1) is 25.4 Å². The van der Waals surface area contributed by atoms with Gasteiger partial charge < -0.3 is 49.6 Å². The average Bonchev–Trinajstić information content (AvgIpc) is 2.59. The number of aliphatic hydroxyl groups excluding tert-OH is 6. The van der Waals surface area contributed by atoms with Crippen molar-refractivity contribution in [1.82, 2.24) is 0 Å². The van der Waals surface area contributed by atoms with Gasteiger partial charge in [-0.3, -0.25) is 0 Å². The Morgan fingerprint density at radius 2 is 1.33 bits per heavy atom. The molecule has 2 aliphatic heterocycles.